The predicted octanol–water partition coefficient (Wildman–Crippen LogP) is 2.41. The van der Waals surface area contributed by atoms with Crippen LogP contribution in [0.15, 0.2) is 35.8 Å². The normalized spacial score (nSPS) is 11.9. The quantitative estimate of drug-likeness (QED) is 0.851. The van der Waals surface area contributed by atoms with Crippen molar-refractivity contribution in [2.24, 2.45) is 0 Å². The summed E-state index contributed by atoms with van der Waals surface area (Å²) in [5, 5.41) is 2.64. The lowest BCUT2D eigenvalue weighted by atomic mass is 10.2. The van der Waals surface area contributed by atoms with Crippen LogP contribution in [0.25, 0.3) is 0 Å². The molecule has 2 rings (SSSR count). The van der Waals surface area contributed by atoms with Gasteiger partial charge in [0.1, 0.15) is 5.01 Å². The molecule has 0 aliphatic rings. The van der Waals surface area contributed by atoms with Crippen LogP contribution in [0.1, 0.15) is 16.1 Å². The van der Waals surface area contributed by atoms with Crippen molar-refractivity contribution in [3.63, 3.8) is 0 Å². The van der Waals surface area contributed by atoms with E-state index < -0.39 is 10.0 Å². The highest BCUT2D eigenvalue weighted by Gasteiger charge is 2.19. The lowest BCUT2D eigenvalue weighted by Gasteiger charge is -2.16. The highest BCUT2D eigenvalue weighted by molar-refractivity contribution is 7.88. The van der Waals surface area contributed by atoms with Gasteiger partial charge >= 0.3 is 0 Å². The van der Waals surface area contributed by atoms with Crippen molar-refractivity contribution >= 4 is 21.4 Å². The SMILES string of the molecule is Cc1cccc(CS(=O)(=O)N(C)Cc2nccs2)c1. The molecule has 19 heavy (non-hydrogen) atoms. The van der Waals surface area contributed by atoms with Crippen molar-refractivity contribution in [3.8, 4) is 0 Å². The Balaban J connectivity index is 2.09. The molecule has 1 heterocycles. The standard InChI is InChI=1S/C13H16N2O2S2/c1-11-4-3-5-12(8-11)10-19(16,17)15(2)9-13-14-6-7-18-13/h3-8H,9-10H2,1-2H3. The number of rotatable bonds is 5. The Bertz CT molecular complexity index is 636. The molecular weight excluding hydrogens is 280 g/mol. The Kier molecular flexibility index (Phi) is 4.34. The Morgan fingerprint density at radius 3 is 2.79 bits per heavy atom. The van der Waals surface area contributed by atoms with Gasteiger partial charge in [0.25, 0.3) is 0 Å². The molecule has 0 saturated heterocycles. The maximum absolute atomic E-state index is 12.2. The molecule has 0 fully saturated rings. The summed E-state index contributed by atoms with van der Waals surface area (Å²) in [5.74, 6) is 0.0244. The van der Waals surface area contributed by atoms with Gasteiger partial charge in [0.2, 0.25) is 10.0 Å². The molecule has 0 atom stereocenters. The van der Waals surface area contributed by atoms with Gasteiger partial charge in [0.05, 0.1) is 12.3 Å². The fraction of sp³-hybridized carbons (Fsp3) is 0.308. The second kappa shape index (κ2) is 5.81. The van der Waals surface area contributed by atoms with Crippen molar-refractivity contribution in [2.45, 2.75) is 19.2 Å². The van der Waals surface area contributed by atoms with Gasteiger partial charge < -0.3 is 0 Å². The van der Waals surface area contributed by atoms with Gasteiger partial charge in [0.15, 0.2) is 0 Å². The molecule has 2 aromatic rings. The largest absolute Gasteiger partial charge is 0.248 e. The van der Waals surface area contributed by atoms with E-state index in [4.69, 9.17) is 0 Å². The molecule has 0 aliphatic carbocycles. The Morgan fingerprint density at radius 2 is 2.16 bits per heavy atom. The number of aromatic nitrogens is 1. The maximum atomic E-state index is 12.2. The summed E-state index contributed by atoms with van der Waals surface area (Å²) in [4.78, 5) is 4.10. The van der Waals surface area contributed by atoms with E-state index in [1.165, 1.54) is 15.6 Å². The summed E-state index contributed by atoms with van der Waals surface area (Å²) < 4.78 is 25.8. The minimum absolute atomic E-state index is 0.0244. The van der Waals surface area contributed by atoms with Crippen molar-refractivity contribution in [2.75, 3.05) is 7.05 Å². The molecule has 1 aromatic carbocycles. The molecule has 0 aliphatic heterocycles. The van der Waals surface area contributed by atoms with E-state index in [-0.39, 0.29) is 5.75 Å². The zero-order valence-electron chi connectivity index (χ0n) is 10.9. The fourth-order valence-corrected chi connectivity index (χ4v) is 3.63. The summed E-state index contributed by atoms with van der Waals surface area (Å²) >= 11 is 1.46. The first kappa shape index (κ1) is 14.2. The van der Waals surface area contributed by atoms with Gasteiger partial charge in [0, 0.05) is 18.6 Å². The van der Waals surface area contributed by atoms with Crippen LogP contribution in [0.4, 0.5) is 0 Å². The first-order chi connectivity index (χ1) is 8.97. The Morgan fingerprint density at radius 1 is 1.37 bits per heavy atom. The number of benzene rings is 1. The van der Waals surface area contributed by atoms with Crippen LogP contribution in [0.5, 0.6) is 0 Å². The molecule has 1 aromatic heterocycles. The third kappa shape index (κ3) is 3.86. The maximum Gasteiger partial charge on any atom is 0.218 e. The number of nitrogens with zero attached hydrogens (tertiary/aromatic N) is 2. The van der Waals surface area contributed by atoms with Gasteiger partial charge in [-0.15, -0.1) is 11.3 Å². The number of sulfonamides is 1. The van der Waals surface area contributed by atoms with Crippen LogP contribution in [-0.4, -0.2) is 24.8 Å². The van der Waals surface area contributed by atoms with Crippen molar-refractivity contribution in [1.82, 2.24) is 9.29 Å². The number of thiazole rings is 1. The van der Waals surface area contributed by atoms with E-state index in [1.54, 1.807) is 13.2 Å². The van der Waals surface area contributed by atoms with Crippen LogP contribution in [0, 0.1) is 6.92 Å². The summed E-state index contributed by atoms with van der Waals surface area (Å²) in [7, 11) is -1.72. The first-order valence-corrected chi connectivity index (χ1v) is 8.34. The fourth-order valence-electron chi connectivity index (χ4n) is 1.74. The van der Waals surface area contributed by atoms with E-state index in [1.807, 2.05) is 36.6 Å². The predicted molar refractivity (Wildman–Crippen MR) is 77.4 cm³/mol. The smallest absolute Gasteiger partial charge is 0.218 e. The minimum atomic E-state index is -3.31. The number of hydrogen-bond acceptors (Lipinski definition) is 4. The van der Waals surface area contributed by atoms with Crippen LogP contribution >= 0.6 is 11.3 Å². The summed E-state index contributed by atoms with van der Waals surface area (Å²) in [5.41, 5.74) is 1.88. The summed E-state index contributed by atoms with van der Waals surface area (Å²) in [6.07, 6.45) is 1.68. The Hall–Kier alpha value is -1.24. The highest BCUT2D eigenvalue weighted by Crippen LogP contribution is 2.14. The van der Waals surface area contributed by atoms with Crippen LogP contribution in [0.2, 0.25) is 0 Å². The average Bonchev–Trinajstić information content (AvgIpc) is 2.81. The van der Waals surface area contributed by atoms with E-state index in [0.29, 0.717) is 6.54 Å². The molecule has 0 spiro atoms. The van der Waals surface area contributed by atoms with Crippen molar-refractivity contribution < 1.29 is 8.42 Å². The number of aryl methyl sites for hydroxylation is 1. The molecule has 0 amide bonds. The van der Waals surface area contributed by atoms with Crippen molar-refractivity contribution in [1.29, 1.82) is 0 Å². The molecule has 6 heteroatoms. The van der Waals surface area contributed by atoms with Gasteiger partial charge in [-0.2, -0.15) is 4.31 Å². The van der Waals surface area contributed by atoms with Crippen molar-refractivity contribution in [3.05, 3.63) is 52.0 Å². The second-order valence-corrected chi connectivity index (χ2v) is 7.48. The van der Waals surface area contributed by atoms with Gasteiger partial charge in [-0.05, 0) is 12.5 Å². The molecule has 0 bridgehead atoms. The summed E-state index contributed by atoms with van der Waals surface area (Å²) in [6, 6.07) is 7.56. The molecule has 0 N–H and O–H groups in total. The zero-order chi connectivity index (χ0) is 13.9. The van der Waals surface area contributed by atoms with Gasteiger partial charge in [-0.25, -0.2) is 13.4 Å². The molecule has 0 saturated carbocycles. The van der Waals surface area contributed by atoms with Gasteiger partial charge in [-0.3, -0.25) is 0 Å². The van der Waals surface area contributed by atoms with E-state index in [2.05, 4.69) is 4.98 Å². The molecule has 4 nitrogen and oxygen atoms in total. The molecule has 0 unspecified atom stereocenters. The second-order valence-electron chi connectivity index (χ2n) is 4.43. The average molecular weight is 296 g/mol. The van der Waals surface area contributed by atoms with Crippen LogP contribution in [-0.2, 0) is 22.3 Å². The minimum Gasteiger partial charge on any atom is -0.248 e. The third-order valence-electron chi connectivity index (χ3n) is 2.75. The van der Waals surface area contributed by atoms with Gasteiger partial charge in [-0.1, -0.05) is 29.8 Å². The van der Waals surface area contributed by atoms with E-state index in [0.717, 1.165) is 16.1 Å². The molecule has 102 valence electrons. The monoisotopic (exact) mass is 296 g/mol. The first-order valence-electron chi connectivity index (χ1n) is 5.85. The lowest BCUT2D eigenvalue weighted by molar-refractivity contribution is 0.465. The lowest BCUT2D eigenvalue weighted by Crippen LogP contribution is -2.27. The molecular formula is C13H16N2O2S2. The molecule has 0 radical (unpaired) electrons. The summed E-state index contributed by atoms with van der Waals surface area (Å²) in [6.45, 7) is 2.28. The van der Waals surface area contributed by atoms with Crippen LogP contribution in [0.3, 0.4) is 0 Å². The van der Waals surface area contributed by atoms with E-state index >= 15 is 0 Å². The van der Waals surface area contributed by atoms with E-state index in [9.17, 15) is 8.42 Å². The number of hydrogen-bond donors (Lipinski definition) is 0. The third-order valence-corrected chi connectivity index (χ3v) is 5.29. The highest BCUT2D eigenvalue weighted by atomic mass is 32.2. The Labute approximate surface area is 117 Å². The van der Waals surface area contributed by atoms with Crippen LogP contribution < -0.4 is 0 Å². The zero-order valence-corrected chi connectivity index (χ0v) is 12.5. The topological polar surface area (TPSA) is 50.3 Å².